The first-order valence-electron chi connectivity index (χ1n) is 17.1. The molecule has 2 atom stereocenters. The molecule has 4 N–H and O–H groups in total. The second kappa shape index (κ2) is 18.7. The van der Waals surface area contributed by atoms with Crippen LogP contribution >= 0.6 is 0 Å². The summed E-state index contributed by atoms with van der Waals surface area (Å²) in [6.45, 7) is 8.98. The third-order valence-corrected chi connectivity index (χ3v) is 9.96. The van der Waals surface area contributed by atoms with Gasteiger partial charge in [0, 0.05) is 18.3 Å². The molecule has 248 valence electrons. The Kier molecular flexibility index (Phi) is 15.1. The summed E-state index contributed by atoms with van der Waals surface area (Å²) < 4.78 is 0. The van der Waals surface area contributed by atoms with Crippen molar-refractivity contribution in [3.05, 3.63) is 71.8 Å². The van der Waals surface area contributed by atoms with Gasteiger partial charge in [-0.15, -0.1) is 0 Å². The van der Waals surface area contributed by atoms with E-state index in [9.17, 15) is 24.6 Å². The monoisotopic (exact) mass is 620 g/mol. The van der Waals surface area contributed by atoms with E-state index >= 15 is 0 Å². The number of rotatable bonds is 12. The lowest BCUT2D eigenvalue weighted by Gasteiger charge is -2.31. The van der Waals surface area contributed by atoms with Crippen molar-refractivity contribution >= 4 is 17.8 Å². The molecule has 0 unspecified atom stereocenters. The first-order valence-corrected chi connectivity index (χ1v) is 17.1. The van der Waals surface area contributed by atoms with Gasteiger partial charge in [-0.3, -0.25) is 9.59 Å². The van der Waals surface area contributed by atoms with Crippen LogP contribution in [-0.2, 0) is 27.2 Å². The summed E-state index contributed by atoms with van der Waals surface area (Å²) in [5.74, 6) is 1.96. The normalized spacial score (nSPS) is 22.9. The van der Waals surface area contributed by atoms with Gasteiger partial charge < -0.3 is 20.8 Å². The zero-order chi connectivity index (χ0) is 32.8. The molecule has 2 fully saturated rings. The highest BCUT2D eigenvalue weighted by Crippen LogP contribution is 2.34. The molecule has 0 spiro atoms. The first kappa shape index (κ1) is 36.3. The molecule has 0 heterocycles. The third-order valence-electron chi connectivity index (χ3n) is 9.96. The highest BCUT2D eigenvalue weighted by atomic mass is 16.4. The molecule has 4 rings (SSSR count). The SMILES string of the molecule is CC(C)C1CCC(C(=O)N[C@@H](CO)Cc2ccccc2)CC1.CC(C)C1CCC(C(=O)N[C@H](Cc2ccccc2)C(=O)O)CC1. The fourth-order valence-electron chi connectivity index (χ4n) is 6.81. The molecule has 0 radical (unpaired) electrons. The third kappa shape index (κ3) is 12.3. The maximum atomic E-state index is 12.4. The van der Waals surface area contributed by atoms with Gasteiger partial charge in [0.2, 0.25) is 11.8 Å². The van der Waals surface area contributed by atoms with E-state index < -0.39 is 12.0 Å². The topological polar surface area (TPSA) is 116 Å². The number of hydrogen-bond acceptors (Lipinski definition) is 4. The summed E-state index contributed by atoms with van der Waals surface area (Å²) in [5.41, 5.74) is 2.06. The smallest absolute Gasteiger partial charge is 0.326 e. The molecule has 7 nitrogen and oxygen atoms in total. The fraction of sp³-hybridized carbons (Fsp3) is 0.605. The largest absolute Gasteiger partial charge is 0.480 e. The Hall–Kier alpha value is -3.19. The number of aliphatic carboxylic acids is 1. The average Bonchev–Trinajstić information content (AvgIpc) is 3.05. The second-order valence-electron chi connectivity index (χ2n) is 13.9. The van der Waals surface area contributed by atoms with E-state index in [0.717, 1.165) is 68.4 Å². The fourth-order valence-corrected chi connectivity index (χ4v) is 6.81. The highest BCUT2D eigenvalue weighted by molar-refractivity contribution is 5.85. The van der Waals surface area contributed by atoms with E-state index in [1.807, 2.05) is 60.7 Å². The van der Waals surface area contributed by atoms with Crippen LogP contribution in [0, 0.1) is 35.5 Å². The van der Waals surface area contributed by atoms with Crippen LogP contribution in [0.4, 0.5) is 0 Å². The van der Waals surface area contributed by atoms with Gasteiger partial charge in [-0.2, -0.15) is 0 Å². The molecular formula is C38H56N2O5. The minimum absolute atomic E-state index is 0.0119. The van der Waals surface area contributed by atoms with Crippen molar-refractivity contribution in [2.75, 3.05) is 6.61 Å². The molecule has 2 aromatic rings. The van der Waals surface area contributed by atoms with Crippen LogP contribution in [0.5, 0.6) is 0 Å². The minimum Gasteiger partial charge on any atom is -0.480 e. The maximum absolute atomic E-state index is 12.4. The molecule has 0 saturated heterocycles. The first-order chi connectivity index (χ1) is 21.6. The van der Waals surface area contributed by atoms with Gasteiger partial charge >= 0.3 is 5.97 Å². The number of amides is 2. The molecule has 7 heteroatoms. The van der Waals surface area contributed by atoms with Crippen molar-refractivity contribution in [2.24, 2.45) is 35.5 Å². The zero-order valence-electron chi connectivity index (χ0n) is 27.8. The van der Waals surface area contributed by atoms with Gasteiger partial charge in [-0.25, -0.2) is 4.79 Å². The molecule has 0 aromatic heterocycles. The van der Waals surface area contributed by atoms with Crippen LogP contribution in [0.2, 0.25) is 0 Å². The molecule has 2 amide bonds. The molecule has 0 aliphatic heterocycles. The molecule has 2 saturated carbocycles. The van der Waals surface area contributed by atoms with Crippen molar-refractivity contribution in [3.8, 4) is 0 Å². The Morgan fingerprint density at radius 3 is 1.42 bits per heavy atom. The molecule has 2 aromatic carbocycles. The number of carboxylic acid groups (broad SMARTS) is 1. The summed E-state index contributed by atoms with van der Waals surface area (Å²) in [7, 11) is 0. The number of hydrogen-bond donors (Lipinski definition) is 4. The van der Waals surface area contributed by atoms with E-state index in [2.05, 4.69) is 38.3 Å². The number of aliphatic hydroxyl groups excluding tert-OH is 1. The van der Waals surface area contributed by atoms with Crippen LogP contribution in [0.3, 0.4) is 0 Å². The summed E-state index contributed by atoms with van der Waals surface area (Å²) >= 11 is 0. The Morgan fingerprint density at radius 1 is 0.644 bits per heavy atom. The van der Waals surface area contributed by atoms with Crippen LogP contribution in [0.1, 0.15) is 90.2 Å². The van der Waals surface area contributed by atoms with E-state index in [4.69, 9.17) is 0 Å². The summed E-state index contributed by atoms with van der Waals surface area (Å²) in [4.78, 5) is 36.3. The number of carboxylic acids is 1. The van der Waals surface area contributed by atoms with Gasteiger partial charge in [0.25, 0.3) is 0 Å². The van der Waals surface area contributed by atoms with Crippen molar-refractivity contribution in [1.82, 2.24) is 10.6 Å². The number of nitrogens with one attached hydrogen (secondary N) is 2. The molecular weight excluding hydrogens is 564 g/mol. The molecule has 2 aliphatic carbocycles. The number of carbonyl (C=O) groups excluding carboxylic acids is 2. The van der Waals surface area contributed by atoms with Crippen molar-refractivity contribution in [1.29, 1.82) is 0 Å². The maximum Gasteiger partial charge on any atom is 0.326 e. The van der Waals surface area contributed by atoms with E-state index in [-0.39, 0.29) is 36.3 Å². The van der Waals surface area contributed by atoms with Crippen molar-refractivity contribution in [2.45, 2.75) is 104 Å². The summed E-state index contributed by atoms with van der Waals surface area (Å²) in [6, 6.07) is 18.4. The summed E-state index contributed by atoms with van der Waals surface area (Å²) in [6.07, 6.45) is 9.14. The van der Waals surface area contributed by atoms with Gasteiger partial charge in [0.05, 0.1) is 12.6 Å². The Labute approximate surface area is 270 Å². The highest BCUT2D eigenvalue weighted by Gasteiger charge is 2.31. The van der Waals surface area contributed by atoms with E-state index in [1.165, 1.54) is 0 Å². The predicted molar refractivity (Wildman–Crippen MR) is 179 cm³/mol. The average molecular weight is 621 g/mol. The van der Waals surface area contributed by atoms with Gasteiger partial charge in [-0.1, -0.05) is 88.4 Å². The molecule has 0 bridgehead atoms. The Bertz CT molecular complexity index is 1150. The van der Waals surface area contributed by atoms with Crippen molar-refractivity contribution in [3.63, 3.8) is 0 Å². The zero-order valence-corrected chi connectivity index (χ0v) is 27.8. The lowest BCUT2D eigenvalue weighted by molar-refractivity contribution is -0.142. The molecule has 2 aliphatic rings. The lowest BCUT2D eigenvalue weighted by Crippen LogP contribution is -2.45. The Morgan fingerprint density at radius 2 is 1.04 bits per heavy atom. The molecule has 45 heavy (non-hydrogen) atoms. The van der Waals surface area contributed by atoms with Gasteiger partial charge in [0.15, 0.2) is 0 Å². The van der Waals surface area contributed by atoms with Crippen LogP contribution in [0.15, 0.2) is 60.7 Å². The van der Waals surface area contributed by atoms with Crippen LogP contribution in [0.25, 0.3) is 0 Å². The minimum atomic E-state index is -0.974. The quantitative estimate of drug-likeness (QED) is 0.218. The van der Waals surface area contributed by atoms with Crippen molar-refractivity contribution < 1.29 is 24.6 Å². The number of aliphatic hydroxyl groups is 1. The van der Waals surface area contributed by atoms with Crippen LogP contribution in [-0.4, -0.2) is 46.7 Å². The van der Waals surface area contributed by atoms with Crippen LogP contribution < -0.4 is 10.6 Å². The predicted octanol–water partition coefficient (Wildman–Crippen LogP) is 6.43. The standard InChI is InChI=1S/C19H27NO3.C19H29NO2/c1-13(2)15-8-10-16(11-9-15)18(21)20-17(19(22)23)12-14-6-4-3-5-7-14;1-14(2)16-8-10-17(11-9-16)19(22)20-18(13-21)12-15-6-4-3-5-7-15/h3-7,13,15-17H,8-12H2,1-2H3,(H,20,21)(H,22,23);3-7,14,16-18,21H,8-13H2,1-2H3,(H,20,22)/t15?,16?,17-;16?,17?,18-/m11/s1. The summed E-state index contributed by atoms with van der Waals surface area (Å²) in [5, 5.41) is 24.7. The number of benzene rings is 2. The second-order valence-corrected chi connectivity index (χ2v) is 13.9. The Balaban J connectivity index is 0.000000246. The lowest BCUT2D eigenvalue weighted by atomic mass is 9.76. The van der Waals surface area contributed by atoms with Gasteiger partial charge in [-0.05, 0) is 92.6 Å². The van der Waals surface area contributed by atoms with E-state index in [0.29, 0.717) is 30.6 Å². The van der Waals surface area contributed by atoms with E-state index in [1.54, 1.807) is 0 Å². The van der Waals surface area contributed by atoms with Gasteiger partial charge in [0.1, 0.15) is 6.04 Å². The number of carbonyl (C=O) groups is 3.